The molecule has 0 unspecified atom stereocenters. The SMILES string of the molecule is CNCCNCc1cccc(-c2ccc(-c3nc4ccccc4[nH]3)s2)c1. The summed E-state index contributed by atoms with van der Waals surface area (Å²) in [5.74, 6) is 0.937. The molecular formula is C21H22N4S. The first-order valence-electron chi connectivity index (χ1n) is 8.83. The fourth-order valence-electron chi connectivity index (χ4n) is 2.97. The average molecular weight is 363 g/mol. The maximum atomic E-state index is 4.70. The third-order valence-electron chi connectivity index (χ3n) is 4.32. The van der Waals surface area contributed by atoms with E-state index in [4.69, 9.17) is 4.98 Å². The maximum Gasteiger partial charge on any atom is 0.148 e. The Morgan fingerprint density at radius 3 is 2.73 bits per heavy atom. The van der Waals surface area contributed by atoms with Gasteiger partial charge in [0.1, 0.15) is 5.82 Å². The number of aromatic nitrogens is 2. The van der Waals surface area contributed by atoms with Crippen molar-refractivity contribution < 1.29 is 0 Å². The number of hydrogen-bond acceptors (Lipinski definition) is 4. The summed E-state index contributed by atoms with van der Waals surface area (Å²) in [4.78, 5) is 10.5. The normalized spacial score (nSPS) is 11.3. The zero-order valence-corrected chi connectivity index (χ0v) is 15.6. The Kier molecular flexibility index (Phi) is 5.11. The van der Waals surface area contributed by atoms with E-state index in [2.05, 4.69) is 58.1 Å². The minimum atomic E-state index is 0.886. The number of nitrogens with one attached hydrogen (secondary N) is 3. The summed E-state index contributed by atoms with van der Waals surface area (Å²) in [7, 11) is 1.97. The molecular weight excluding hydrogens is 340 g/mol. The van der Waals surface area contributed by atoms with Gasteiger partial charge in [-0.1, -0.05) is 30.3 Å². The van der Waals surface area contributed by atoms with Gasteiger partial charge in [-0.25, -0.2) is 4.98 Å². The first-order valence-corrected chi connectivity index (χ1v) is 9.65. The molecule has 0 spiro atoms. The van der Waals surface area contributed by atoms with Crippen molar-refractivity contribution in [3.63, 3.8) is 0 Å². The Hall–Kier alpha value is -2.47. The molecule has 0 aliphatic heterocycles. The number of likely N-dealkylation sites (N-methyl/N-ethyl adjacent to an activating group) is 1. The largest absolute Gasteiger partial charge is 0.337 e. The first kappa shape index (κ1) is 17.0. The van der Waals surface area contributed by atoms with Gasteiger partial charge in [-0.05, 0) is 48.5 Å². The first-order chi connectivity index (χ1) is 12.8. The number of thiophene rings is 1. The zero-order chi connectivity index (χ0) is 17.8. The predicted octanol–water partition coefficient (Wildman–Crippen LogP) is 4.27. The third kappa shape index (κ3) is 3.70. The lowest BCUT2D eigenvalue weighted by molar-refractivity contribution is 0.651. The van der Waals surface area contributed by atoms with E-state index in [1.165, 1.54) is 16.0 Å². The molecule has 26 heavy (non-hydrogen) atoms. The second-order valence-electron chi connectivity index (χ2n) is 6.25. The van der Waals surface area contributed by atoms with Gasteiger partial charge in [0.15, 0.2) is 0 Å². The summed E-state index contributed by atoms with van der Waals surface area (Å²) in [6, 6.07) is 21.2. The van der Waals surface area contributed by atoms with Gasteiger partial charge in [0.05, 0.1) is 15.9 Å². The molecule has 0 saturated heterocycles. The van der Waals surface area contributed by atoms with Crippen molar-refractivity contribution in [2.75, 3.05) is 20.1 Å². The standard InChI is InChI=1S/C21H22N4S/c1-22-11-12-23-14-15-5-4-6-16(13-15)19-9-10-20(26-19)21-24-17-7-2-3-8-18(17)25-21/h2-10,13,22-23H,11-12,14H2,1H3,(H,24,25). The second-order valence-corrected chi connectivity index (χ2v) is 7.33. The van der Waals surface area contributed by atoms with Crippen LogP contribution < -0.4 is 10.6 Å². The number of para-hydroxylation sites is 2. The molecule has 0 saturated carbocycles. The number of aromatic amines is 1. The van der Waals surface area contributed by atoms with Gasteiger partial charge in [0.2, 0.25) is 0 Å². The highest BCUT2D eigenvalue weighted by Gasteiger charge is 2.09. The molecule has 3 N–H and O–H groups in total. The number of fused-ring (bicyclic) bond motifs is 1. The Morgan fingerprint density at radius 1 is 0.962 bits per heavy atom. The Morgan fingerprint density at radius 2 is 1.85 bits per heavy atom. The lowest BCUT2D eigenvalue weighted by Gasteiger charge is -2.06. The van der Waals surface area contributed by atoms with E-state index < -0.39 is 0 Å². The number of nitrogens with zero attached hydrogens (tertiary/aromatic N) is 1. The maximum absolute atomic E-state index is 4.70. The third-order valence-corrected chi connectivity index (χ3v) is 5.46. The van der Waals surface area contributed by atoms with E-state index in [0.29, 0.717) is 0 Å². The van der Waals surface area contributed by atoms with Crippen molar-refractivity contribution in [2.45, 2.75) is 6.54 Å². The van der Waals surface area contributed by atoms with Crippen LogP contribution in [-0.2, 0) is 6.54 Å². The van der Waals surface area contributed by atoms with Gasteiger partial charge in [0.25, 0.3) is 0 Å². The molecule has 0 bridgehead atoms. The Bertz CT molecular complexity index is 969. The molecule has 4 rings (SSSR count). The molecule has 2 aromatic heterocycles. The smallest absolute Gasteiger partial charge is 0.148 e. The lowest BCUT2D eigenvalue weighted by atomic mass is 10.1. The lowest BCUT2D eigenvalue weighted by Crippen LogP contribution is -2.24. The minimum Gasteiger partial charge on any atom is -0.337 e. The number of benzene rings is 2. The van der Waals surface area contributed by atoms with Gasteiger partial charge in [-0.15, -0.1) is 11.3 Å². The van der Waals surface area contributed by atoms with Crippen LogP contribution in [0.1, 0.15) is 5.56 Å². The predicted molar refractivity (Wildman–Crippen MR) is 110 cm³/mol. The number of H-pyrrole nitrogens is 1. The Labute approximate surface area is 157 Å². The Balaban J connectivity index is 1.54. The molecule has 0 amide bonds. The number of imidazole rings is 1. The van der Waals surface area contributed by atoms with Crippen molar-refractivity contribution in [3.8, 4) is 21.1 Å². The summed E-state index contributed by atoms with van der Waals surface area (Å²) in [5, 5.41) is 6.60. The van der Waals surface area contributed by atoms with E-state index in [9.17, 15) is 0 Å². The van der Waals surface area contributed by atoms with Crippen LogP contribution >= 0.6 is 11.3 Å². The topological polar surface area (TPSA) is 52.7 Å². The molecule has 0 aliphatic rings. The van der Waals surface area contributed by atoms with Crippen LogP contribution in [0.3, 0.4) is 0 Å². The molecule has 4 aromatic rings. The number of rotatable bonds is 7. The molecule has 2 aromatic carbocycles. The number of hydrogen-bond donors (Lipinski definition) is 3. The second kappa shape index (κ2) is 7.83. The average Bonchev–Trinajstić information content (AvgIpc) is 3.32. The van der Waals surface area contributed by atoms with Crippen molar-refractivity contribution >= 4 is 22.4 Å². The highest BCUT2D eigenvalue weighted by molar-refractivity contribution is 7.18. The molecule has 4 nitrogen and oxygen atoms in total. The molecule has 5 heteroatoms. The minimum absolute atomic E-state index is 0.886. The van der Waals surface area contributed by atoms with Crippen LogP contribution in [0, 0.1) is 0 Å². The highest BCUT2D eigenvalue weighted by Crippen LogP contribution is 2.34. The molecule has 0 fully saturated rings. The van der Waals surface area contributed by atoms with E-state index in [-0.39, 0.29) is 0 Å². The van der Waals surface area contributed by atoms with E-state index in [1.807, 2.05) is 25.2 Å². The summed E-state index contributed by atoms with van der Waals surface area (Å²) in [6.07, 6.45) is 0. The van der Waals surface area contributed by atoms with Crippen molar-refractivity contribution in [3.05, 3.63) is 66.2 Å². The molecule has 0 radical (unpaired) electrons. The van der Waals surface area contributed by atoms with Crippen LogP contribution in [0.4, 0.5) is 0 Å². The zero-order valence-electron chi connectivity index (χ0n) is 14.8. The van der Waals surface area contributed by atoms with Gasteiger partial charge >= 0.3 is 0 Å². The summed E-state index contributed by atoms with van der Waals surface area (Å²) < 4.78 is 0. The molecule has 0 aliphatic carbocycles. The fourth-order valence-corrected chi connectivity index (χ4v) is 3.92. The van der Waals surface area contributed by atoms with Crippen LogP contribution in [0.15, 0.2) is 60.7 Å². The quantitative estimate of drug-likeness (QED) is 0.430. The molecule has 2 heterocycles. The summed E-state index contributed by atoms with van der Waals surface area (Å²) in [5.41, 5.74) is 4.64. The van der Waals surface area contributed by atoms with Crippen LogP contribution in [0.2, 0.25) is 0 Å². The van der Waals surface area contributed by atoms with Gasteiger partial charge < -0.3 is 15.6 Å². The van der Waals surface area contributed by atoms with E-state index in [1.54, 1.807) is 11.3 Å². The van der Waals surface area contributed by atoms with Crippen LogP contribution in [0.5, 0.6) is 0 Å². The van der Waals surface area contributed by atoms with Gasteiger partial charge in [0, 0.05) is 24.5 Å². The van der Waals surface area contributed by atoms with Crippen LogP contribution in [-0.4, -0.2) is 30.1 Å². The van der Waals surface area contributed by atoms with Gasteiger partial charge in [-0.3, -0.25) is 0 Å². The van der Waals surface area contributed by atoms with Gasteiger partial charge in [-0.2, -0.15) is 0 Å². The summed E-state index contributed by atoms with van der Waals surface area (Å²) in [6.45, 7) is 2.83. The summed E-state index contributed by atoms with van der Waals surface area (Å²) >= 11 is 1.77. The van der Waals surface area contributed by atoms with Crippen LogP contribution in [0.25, 0.3) is 32.2 Å². The molecule has 132 valence electrons. The highest BCUT2D eigenvalue weighted by atomic mass is 32.1. The monoisotopic (exact) mass is 362 g/mol. The van der Waals surface area contributed by atoms with E-state index >= 15 is 0 Å². The fraction of sp³-hybridized carbons (Fsp3) is 0.190. The van der Waals surface area contributed by atoms with Crippen molar-refractivity contribution in [1.82, 2.24) is 20.6 Å². The van der Waals surface area contributed by atoms with Crippen molar-refractivity contribution in [1.29, 1.82) is 0 Å². The van der Waals surface area contributed by atoms with E-state index in [0.717, 1.165) is 41.4 Å². The van der Waals surface area contributed by atoms with Crippen molar-refractivity contribution in [2.24, 2.45) is 0 Å². The molecule has 0 atom stereocenters.